The summed E-state index contributed by atoms with van der Waals surface area (Å²) in [5.74, 6) is 2.15. The molecule has 0 aromatic carbocycles. The fourth-order valence-electron chi connectivity index (χ4n) is 1.30. The van der Waals surface area contributed by atoms with Gasteiger partial charge in [0.15, 0.2) is 5.69 Å². The Bertz CT molecular complexity index is 388. The molecule has 0 unspecified atom stereocenters. The van der Waals surface area contributed by atoms with Crippen LogP contribution in [0.1, 0.15) is 29.4 Å². The van der Waals surface area contributed by atoms with E-state index in [-0.39, 0.29) is 5.97 Å². The van der Waals surface area contributed by atoms with E-state index in [0.29, 0.717) is 25.1 Å². The van der Waals surface area contributed by atoms with E-state index >= 15 is 0 Å². The summed E-state index contributed by atoms with van der Waals surface area (Å²) in [5, 5.41) is 4.06. The summed E-state index contributed by atoms with van der Waals surface area (Å²) in [6, 6.07) is 0. The standard InChI is InChI=1S/C11H14N2O2/c1-4-6-7-9-8-13(3)12-10(9)11(14)15-5-2/h1,8H,5-7H2,2-3H3. The number of rotatable bonds is 4. The summed E-state index contributed by atoms with van der Waals surface area (Å²) in [6.45, 7) is 2.12. The van der Waals surface area contributed by atoms with Crippen LogP contribution in [0.3, 0.4) is 0 Å². The highest BCUT2D eigenvalue weighted by Gasteiger charge is 2.16. The molecule has 0 bridgehead atoms. The Morgan fingerprint density at radius 1 is 1.73 bits per heavy atom. The third-order valence-electron chi connectivity index (χ3n) is 1.91. The smallest absolute Gasteiger partial charge is 0.359 e. The average Bonchev–Trinajstić information content (AvgIpc) is 2.57. The molecule has 0 atom stereocenters. The molecule has 0 N–H and O–H groups in total. The lowest BCUT2D eigenvalue weighted by molar-refractivity contribution is 0.0517. The van der Waals surface area contributed by atoms with E-state index in [9.17, 15) is 4.79 Å². The van der Waals surface area contributed by atoms with Gasteiger partial charge >= 0.3 is 5.97 Å². The normalized spacial score (nSPS) is 9.67. The van der Waals surface area contributed by atoms with Crippen LogP contribution in [0.2, 0.25) is 0 Å². The van der Waals surface area contributed by atoms with Gasteiger partial charge < -0.3 is 4.74 Å². The summed E-state index contributed by atoms with van der Waals surface area (Å²) in [5.41, 5.74) is 1.21. The van der Waals surface area contributed by atoms with E-state index in [0.717, 1.165) is 5.56 Å². The van der Waals surface area contributed by atoms with Crippen molar-refractivity contribution >= 4 is 5.97 Å². The topological polar surface area (TPSA) is 44.1 Å². The number of terminal acetylenes is 1. The highest BCUT2D eigenvalue weighted by molar-refractivity contribution is 5.88. The maximum absolute atomic E-state index is 11.5. The maximum atomic E-state index is 11.5. The molecule has 0 saturated carbocycles. The molecule has 4 nitrogen and oxygen atoms in total. The van der Waals surface area contributed by atoms with Crippen LogP contribution in [-0.2, 0) is 18.2 Å². The summed E-state index contributed by atoms with van der Waals surface area (Å²) in [6.07, 6.45) is 8.22. The lowest BCUT2D eigenvalue weighted by Gasteiger charge is -1.99. The molecule has 0 amide bonds. The van der Waals surface area contributed by atoms with Crippen molar-refractivity contribution < 1.29 is 9.53 Å². The van der Waals surface area contributed by atoms with Gasteiger partial charge in [-0.1, -0.05) is 0 Å². The number of ether oxygens (including phenoxy) is 1. The second kappa shape index (κ2) is 5.20. The molecule has 0 spiro atoms. The van der Waals surface area contributed by atoms with Crippen LogP contribution in [-0.4, -0.2) is 22.4 Å². The zero-order valence-electron chi connectivity index (χ0n) is 8.99. The number of hydrogen-bond acceptors (Lipinski definition) is 3. The fourth-order valence-corrected chi connectivity index (χ4v) is 1.30. The van der Waals surface area contributed by atoms with Gasteiger partial charge in [-0.25, -0.2) is 4.79 Å². The minimum absolute atomic E-state index is 0.351. The van der Waals surface area contributed by atoms with Crippen molar-refractivity contribution in [2.75, 3.05) is 6.61 Å². The van der Waals surface area contributed by atoms with E-state index in [1.54, 1.807) is 24.9 Å². The van der Waals surface area contributed by atoms with Gasteiger partial charge in [-0.05, 0) is 13.3 Å². The molecule has 0 aliphatic carbocycles. The Kier molecular flexibility index (Phi) is 3.92. The van der Waals surface area contributed by atoms with Crippen LogP contribution >= 0.6 is 0 Å². The van der Waals surface area contributed by atoms with E-state index in [2.05, 4.69) is 11.0 Å². The monoisotopic (exact) mass is 206 g/mol. The van der Waals surface area contributed by atoms with Gasteiger partial charge in [0.25, 0.3) is 0 Å². The van der Waals surface area contributed by atoms with E-state index in [1.807, 2.05) is 0 Å². The highest BCUT2D eigenvalue weighted by Crippen LogP contribution is 2.10. The zero-order chi connectivity index (χ0) is 11.3. The molecule has 1 rings (SSSR count). The van der Waals surface area contributed by atoms with Gasteiger partial charge in [-0.2, -0.15) is 5.10 Å². The van der Waals surface area contributed by atoms with Crippen molar-refractivity contribution in [1.29, 1.82) is 0 Å². The number of carbonyl (C=O) groups excluding carboxylic acids is 1. The number of nitrogens with zero attached hydrogens (tertiary/aromatic N) is 2. The minimum atomic E-state index is -0.384. The van der Waals surface area contributed by atoms with Crippen LogP contribution in [0.4, 0.5) is 0 Å². The summed E-state index contributed by atoms with van der Waals surface area (Å²) < 4.78 is 6.49. The Labute approximate surface area is 89.2 Å². The van der Waals surface area contributed by atoms with E-state index in [4.69, 9.17) is 11.2 Å². The van der Waals surface area contributed by atoms with E-state index in [1.165, 1.54) is 0 Å². The van der Waals surface area contributed by atoms with Gasteiger partial charge in [0.2, 0.25) is 0 Å². The van der Waals surface area contributed by atoms with Crippen LogP contribution < -0.4 is 0 Å². The van der Waals surface area contributed by atoms with Crippen LogP contribution in [0.15, 0.2) is 6.20 Å². The van der Waals surface area contributed by atoms with Crippen LogP contribution in [0.25, 0.3) is 0 Å². The number of aryl methyl sites for hydroxylation is 2. The molecule has 15 heavy (non-hydrogen) atoms. The van der Waals surface area contributed by atoms with Crippen LogP contribution in [0.5, 0.6) is 0 Å². The van der Waals surface area contributed by atoms with Gasteiger partial charge in [-0.3, -0.25) is 4.68 Å². The van der Waals surface area contributed by atoms with Gasteiger partial charge in [0.1, 0.15) is 0 Å². The van der Waals surface area contributed by atoms with E-state index < -0.39 is 0 Å². The van der Waals surface area contributed by atoms with Gasteiger partial charge in [0, 0.05) is 25.2 Å². The van der Waals surface area contributed by atoms with Gasteiger partial charge in [-0.15, -0.1) is 12.3 Å². The molecule has 1 aromatic heterocycles. The minimum Gasteiger partial charge on any atom is -0.461 e. The van der Waals surface area contributed by atoms with Crippen LogP contribution in [0, 0.1) is 12.3 Å². The van der Waals surface area contributed by atoms with Crippen molar-refractivity contribution in [3.63, 3.8) is 0 Å². The summed E-state index contributed by atoms with van der Waals surface area (Å²) in [4.78, 5) is 11.5. The Balaban J connectivity index is 2.86. The molecule has 80 valence electrons. The first-order valence-corrected chi connectivity index (χ1v) is 4.82. The molecular weight excluding hydrogens is 192 g/mol. The Morgan fingerprint density at radius 3 is 3.07 bits per heavy atom. The SMILES string of the molecule is C#CCCc1cn(C)nc1C(=O)OCC. The van der Waals surface area contributed by atoms with Gasteiger partial charge in [0.05, 0.1) is 6.61 Å². The molecule has 0 fully saturated rings. The number of esters is 1. The fraction of sp³-hybridized carbons (Fsp3) is 0.455. The van der Waals surface area contributed by atoms with Crippen molar-refractivity contribution in [3.8, 4) is 12.3 Å². The first-order valence-electron chi connectivity index (χ1n) is 4.82. The Morgan fingerprint density at radius 2 is 2.47 bits per heavy atom. The number of hydrogen-bond donors (Lipinski definition) is 0. The molecule has 1 aromatic rings. The highest BCUT2D eigenvalue weighted by atomic mass is 16.5. The molecular formula is C11H14N2O2. The van der Waals surface area contributed by atoms with Crippen molar-refractivity contribution in [3.05, 3.63) is 17.5 Å². The Hall–Kier alpha value is -1.76. The molecule has 0 aliphatic heterocycles. The average molecular weight is 206 g/mol. The molecule has 0 aliphatic rings. The lowest BCUT2D eigenvalue weighted by atomic mass is 10.1. The second-order valence-corrected chi connectivity index (χ2v) is 3.10. The first-order chi connectivity index (χ1) is 7.19. The first kappa shape index (κ1) is 11.3. The molecule has 4 heteroatoms. The predicted octanol–water partition coefficient (Wildman–Crippen LogP) is 1.16. The quantitative estimate of drug-likeness (QED) is 0.548. The van der Waals surface area contributed by atoms with Crippen molar-refractivity contribution in [2.24, 2.45) is 7.05 Å². The summed E-state index contributed by atoms with van der Waals surface area (Å²) >= 11 is 0. The number of aromatic nitrogens is 2. The number of carbonyl (C=O) groups is 1. The second-order valence-electron chi connectivity index (χ2n) is 3.10. The largest absolute Gasteiger partial charge is 0.461 e. The van der Waals surface area contributed by atoms with Crippen molar-refractivity contribution in [2.45, 2.75) is 19.8 Å². The maximum Gasteiger partial charge on any atom is 0.359 e. The van der Waals surface area contributed by atoms with Crippen molar-refractivity contribution in [1.82, 2.24) is 9.78 Å². The molecule has 0 saturated heterocycles. The lowest BCUT2D eigenvalue weighted by Crippen LogP contribution is -2.08. The molecule has 1 heterocycles. The third-order valence-corrected chi connectivity index (χ3v) is 1.91. The summed E-state index contributed by atoms with van der Waals surface area (Å²) in [7, 11) is 1.77. The molecule has 0 radical (unpaired) electrons. The predicted molar refractivity (Wildman–Crippen MR) is 56.3 cm³/mol. The zero-order valence-corrected chi connectivity index (χ0v) is 8.99. The third kappa shape index (κ3) is 2.84.